The number of hydrogen-bond acceptors (Lipinski definition) is 2. The fraction of sp³-hybridized carbons (Fsp3) is 0. The van der Waals surface area contributed by atoms with Crippen LogP contribution in [0.1, 0.15) is 0 Å². The zero-order valence-electron chi connectivity index (χ0n) is 13.5. The van der Waals surface area contributed by atoms with Gasteiger partial charge in [0, 0.05) is 0 Å². The predicted molar refractivity (Wildman–Crippen MR) is 105 cm³/mol. The van der Waals surface area contributed by atoms with Crippen molar-refractivity contribution in [3.05, 3.63) is 78.9 Å². The molecule has 118 valence electrons. The van der Waals surface area contributed by atoms with Crippen LogP contribution in [0.2, 0.25) is 0 Å². The van der Waals surface area contributed by atoms with E-state index in [9.17, 15) is 10.0 Å². The van der Waals surface area contributed by atoms with Crippen LogP contribution in [0.15, 0.2) is 78.9 Å². The van der Waals surface area contributed by atoms with E-state index in [4.69, 9.17) is 0 Å². The molecule has 0 amide bonds. The molecule has 0 aliphatic rings. The SMILES string of the molecule is OB(O)c1ccccc1-c1cc2cccc3ccc4cccc1c4c32. The van der Waals surface area contributed by atoms with Gasteiger partial charge in [0.1, 0.15) is 0 Å². The minimum absolute atomic E-state index is 0.525. The Morgan fingerprint density at radius 1 is 0.560 bits per heavy atom. The first-order valence-corrected chi connectivity index (χ1v) is 8.36. The highest BCUT2D eigenvalue weighted by Gasteiger charge is 2.19. The summed E-state index contributed by atoms with van der Waals surface area (Å²) in [5.74, 6) is 0. The number of hydrogen-bond donors (Lipinski definition) is 2. The van der Waals surface area contributed by atoms with Crippen molar-refractivity contribution in [2.75, 3.05) is 0 Å². The monoisotopic (exact) mass is 322 g/mol. The van der Waals surface area contributed by atoms with Crippen LogP contribution in [0.4, 0.5) is 0 Å². The van der Waals surface area contributed by atoms with E-state index >= 15 is 0 Å². The lowest BCUT2D eigenvalue weighted by Crippen LogP contribution is -2.31. The summed E-state index contributed by atoms with van der Waals surface area (Å²) in [7, 11) is -1.50. The van der Waals surface area contributed by atoms with Gasteiger partial charge in [-0.2, -0.15) is 0 Å². The molecule has 0 aromatic heterocycles. The van der Waals surface area contributed by atoms with Gasteiger partial charge in [0.2, 0.25) is 0 Å². The van der Waals surface area contributed by atoms with E-state index in [0.29, 0.717) is 5.46 Å². The first-order valence-electron chi connectivity index (χ1n) is 8.36. The molecule has 0 saturated heterocycles. The van der Waals surface area contributed by atoms with Crippen LogP contribution in [0.3, 0.4) is 0 Å². The average Bonchev–Trinajstić information content (AvgIpc) is 2.66. The van der Waals surface area contributed by atoms with Gasteiger partial charge >= 0.3 is 7.12 Å². The first-order chi connectivity index (χ1) is 12.2. The van der Waals surface area contributed by atoms with Crippen molar-refractivity contribution in [3.63, 3.8) is 0 Å². The van der Waals surface area contributed by atoms with Crippen LogP contribution in [0, 0.1) is 0 Å². The topological polar surface area (TPSA) is 40.5 Å². The Bertz CT molecular complexity index is 1230. The summed E-state index contributed by atoms with van der Waals surface area (Å²) in [5.41, 5.74) is 2.41. The Kier molecular flexibility index (Phi) is 3.08. The summed E-state index contributed by atoms with van der Waals surface area (Å²) < 4.78 is 0. The Balaban J connectivity index is 2.01. The van der Waals surface area contributed by atoms with Gasteiger partial charge in [-0.3, -0.25) is 0 Å². The van der Waals surface area contributed by atoms with Crippen LogP contribution >= 0.6 is 0 Å². The zero-order chi connectivity index (χ0) is 17.0. The summed E-state index contributed by atoms with van der Waals surface area (Å²) in [6.45, 7) is 0. The Morgan fingerprint density at radius 2 is 1.24 bits per heavy atom. The van der Waals surface area contributed by atoms with E-state index in [2.05, 4.69) is 54.6 Å². The summed E-state index contributed by atoms with van der Waals surface area (Å²) in [6.07, 6.45) is 0. The number of rotatable bonds is 2. The van der Waals surface area contributed by atoms with Crippen LogP contribution < -0.4 is 5.46 Å². The molecule has 2 N–H and O–H groups in total. The van der Waals surface area contributed by atoms with Crippen molar-refractivity contribution in [1.82, 2.24) is 0 Å². The standard InChI is InChI=1S/C22H15BO2/c24-23(25)20-10-2-1-8-17(20)19-13-16-7-3-5-14-11-12-15-6-4-9-18(19)22(15)21(14)16/h1-13,24-25H. The number of benzene rings is 5. The third-order valence-electron chi connectivity index (χ3n) is 5.04. The van der Waals surface area contributed by atoms with Crippen molar-refractivity contribution in [2.45, 2.75) is 0 Å². The summed E-state index contributed by atoms with van der Waals surface area (Å²) in [6, 6.07) is 26.6. The molecule has 0 aliphatic heterocycles. The largest absolute Gasteiger partial charge is 0.489 e. The van der Waals surface area contributed by atoms with Gasteiger partial charge in [-0.05, 0) is 55.0 Å². The fourth-order valence-electron chi connectivity index (χ4n) is 3.95. The van der Waals surface area contributed by atoms with Gasteiger partial charge < -0.3 is 10.0 Å². The Labute approximate surface area is 145 Å². The Morgan fingerprint density at radius 3 is 2.04 bits per heavy atom. The van der Waals surface area contributed by atoms with Crippen LogP contribution in [-0.2, 0) is 0 Å². The van der Waals surface area contributed by atoms with Crippen molar-refractivity contribution in [3.8, 4) is 11.1 Å². The maximum atomic E-state index is 9.81. The van der Waals surface area contributed by atoms with Crippen LogP contribution in [-0.4, -0.2) is 17.2 Å². The molecule has 25 heavy (non-hydrogen) atoms. The second-order valence-corrected chi connectivity index (χ2v) is 6.43. The van der Waals surface area contributed by atoms with Gasteiger partial charge in [-0.1, -0.05) is 72.8 Å². The van der Waals surface area contributed by atoms with Gasteiger partial charge in [0.25, 0.3) is 0 Å². The van der Waals surface area contributed by atoms with Crippen molar-refractivity contribution >= 4 is 44.9 Å². The maximum Gasteiger partial charge on any atom is 0.489 e. The zero-order valence-corrected chi connectivity index (χ0v) is 13.5. The van der Waals surface area contributed by atoms with E-state index in [-0.39, 0.29) is 0 Å². The molecule has 3 heteroatoms. The highest BCUT2D eigenvalue weighted by Crippen LogP contribution is 2.39. The minimum atomic E-state index is -1.50. The maximum absolute atomic E-state index is 9.81. The third-order valence-corrected chi connectivity index (χ3v) is 5.04. The molecule has 0 saturated carbocycles. The fourth-order valence-corrected chi connectivity index (χ4v) is 3.95. The lowest BCUT2D eigenvalue weighted by Gasteiger charge is -2.16. The molecule has 0 heterocycles. The molecule has 5 aromatic carbocycles. The van der Waals surface area contributed by atoms with E-state index in [1.54, 1.807) is 6.07 Å². The van der Waals surface area contributed by atoms with Crippen molar-refractivity contribution in [2.24, 2.45) is 0 Å². The van der Waals surface area contributed by atoms with Crippen LogP contribution in [0.25, 0.3) is 43.4 Å². The Hall–Kier alpha value is -2.88. The minimum Gasteiger partial charge on any atom is -0.423 e. The molecule has 2 nitrogen and oxygen atoms in total. The van der Waals surface area contributed by atoms with Gasteiger partial charge in [0.05, 0.1) is 0 Å². The van der Waals surface area contributed by atoms with E-state index in [1.807, 2.05) is 18.2 Å². The molecule has 5 rings (SSSR count). The molecule has 0 fully saturated rings. The lowest BCUT2D eigenvalue weighted by molar-refractivity contribution is 0.426. The van der Waals surface area contributed by atoms with Crippen molar-refractivity contribution in [1.29, 1.82) is 0 Å². The van der Waals surface area contributed by atoms with E-state index in [1.165, 1.54) is 26.9 Å². The highest BCUT2D eigenvalue weighted by atomic mass is 16.4. The second kappa shape index (κ2) is 5.31. The molecule has 5 aromatic rings. The summed E-state index contributed by atoms with van der Waals surface area (Å²) in [5, 5.41) is 26.8. The normalized spacial score (nSPS) is 11.6. The molecule has 0 radical (unpaired) electrons. The van der Waals surface area contributed by atoms with Gasteiger partial charge in [0.15, 0.2) is 0 Å². The summed E-state index contributed by atoms with van der Waals surface area (Å²) in [4.78, 5) is 0. The lowest BCUT2D eigenvalue weighted by atomic mass is 9.74. The second-order valence-electron chi connectivity index (χ2n) is 6.43. The summed E-state index contributed by atoms with van der Waals surface area (Å²) >= 11 is 0. The quantitative estimate of drug-likeness (QED) is 0.382. The molecule has 0 aliphatic carbocycles. The molecular weight excluding hydrogens is 307 g/mol. The third kappa shape index (κ3) is 2.07. The smallest absolute Gasteiger partial charge is 0.423 e. The van der Waals surface area contributed by atoms with Crippen LogP contribution in [0.5, 0.6) is 0 Å². The molecule has 0 bridgehead atoms. The van der Waals surface area contributed by atoms with Gasteiger partial charge in [-0.25, -0.2) is 0 Å². The first kappa shape index (κ1) is 14.5. The molecule has 0 atom stereocenters. The highest BCUT2D eigenvalue weighted by molar-refractivity contribution is 6.60. The molecule has 0 spiro atoms. The molecular formula is C22H15BO2. The predicted octanol–water partition coefficient (Wildman–Crippen LogP) is 3.93. The van der Waals surface area contributed by atoms with Gasteiger partial charge in [-0.15, -0.1) is 0 Å². The average molecular weight is 322 g/mol. The van der Waals surface area contributed by atoms with Crippen molar-refractivity contribution < 1.29 is 10.0 Å². The van der Waals surface area contributed by atoms with E-state index < -0.39 is 7.12 Å². The molecule has 0 unspecified atom stereocenters. The van der Waals surface area contributed by atoms with E-state index in [0.717, 1.165) is 16.5 Å².